The Hall–Kier alpha value is -3.38. The van der Waals surface area contributed by atoms with E-state index in [1.807, 2.05) is 25.1 Å². The zero-order valence-corrected chi connectivity index (χ0v) is 17.4. The van der Waals surface area contributed by atoms with E-state index in [2.05, 4.69) is 6.07 Å². The molecule has 8 heteroatoms. The fourth-order valence-electron chi connectivity index (χ4n) is 4.54. The van der Waals surface area contributed by atoms with E-state index >= 15 is 0 Å². The first-order valence-electron chi connectivity index (χ1n) is 9.25. The lowest BCUT2D eigenvalue weighted by Crippen LogP contribution is -2.57. The lowest BCUT2D eigenvalue weighted by atomic mass is 9.54. The van der Waals surface area contributed by atoms with Gasteiger partial charge in [0.25, 0.3) is 0 Å². The largest absolute Gasteiger partial charge is 0.497 e. The molecule has 2 aliphatic rings. The zero-order valence-electron chi connectivity index (χ0n) is 16.6. The number of hydrogen-bond donors (Lipinski definition) is 1. The standard InChI is InChI=1S/C22H18N4O3S/c1-13-4-9-17(30-13)18-20(10-23,11-24)21(12-25)14(2)22(28-18,29-19(21)26)15-5-7-16(27-3)8-6-15/h4-9,14,18,26H,1-3H3. The van der Waals surface area contributed by atoms with Crippen molar-refractivity contribution in [1.82, 2.24) is 0 Å². The summed E-state index contributed by atoms with van der Waals surface area (Å²) < 4.78 is 17.6. The summed E-state index contributed by atoms with van der Waals surface area (Å²) in [6, 6.07) is 16.9. The van der Waals surface area contributed by atoms with E-state index in [9.17, 15) is 15.8 Å². The monoisotopic (exact) mass is 418 g/mol. The fourth-order valence-corrected chi connectivity index (χ4v) is 5.52. The van der Waals surface area contributed by atoms with Crippen molar-refractivity contribution in [2.45, 2.75) is 25.7 Å². The number of fused-ring (bicyclic) bond motifs is 2. The summed E-state index contributed by atoms with van der Waals surface area (Å²) in [5.41, 5.74) is -3.15. The van der Waals surface area contributed by atoms with Gasteiger partial charge in [-0.1, -0.05) is 6.92 Å². The molecule has 2 bridgehead atoms. The van der Waals surface area contributed by atoms with Crippen molar-refractivity contribution in [2.75, 3.05) is 7.11 Å². The fraction of sp³-hybridized carbons (Fsp3) is 0.364. The van der Waals surface area contributed by atoms with Crippen LogP contribution in [0.3, 0.4) is 0 Å². The van der Waals surface area contributed by atoms with Gasteiger partial charge >= 0.3 is 0 Å². The minimum Gasteiger partial charge on any atom is -0.497 e. The molecule has 1 N–H and O–H groups in total. The Bertz CT molecular complexity index is 1140. The highest BCUT2D eigenvalue weighted by atomic mass is 32.1. The summed E-state index contributed by atoms with van der Waals surface area (Å²) >= 11 is 1.39. The van der Waals surface area contributed by atoms with E-state index in [-0.39, 0.29) is 0 Å². The number of nitrogens with zero attached hydrogens (tertiary/aromatic N) is 3. The first-order chi connectivity index (χ1) is 14.3. The van der Waals surface area contributed by atoms with Crippen molar-refractivity contribution in [1.29, 1.82) is 21.2 Å². The lowest BCUT2D eigenvalue weighted by molar-refractivity contribution is -0.287. The highest BCUT2D eigenvalue weighted by Gasteiger charge is 2.79. The van der Waals surface area contributed by atoms with Gasteiger partial charge in [-0.25, -0.2) is 0 Å². The molecule has 0 radical (unpaired) electrons. The zero-order chi connectivity index (χ0) is 21.7. The van der Waals surface area contributed by atoms with Crippen LogP contribution in [0.5, 0.6) is 5.75 Å². The second-order valence-corrected chi connectivity index (χ2v) is 8.77. The molecule has 2 aromatic rings. The van der Waals surface area contributed by atoms with E-state index < -0.39 is 34.5 Å². The number of nitriles is 3. The number of rotatable bonds is 3. The highest BCUT2D eigenvalue weighted by molar-refractivity contribution is 7.12. The third-order valence-corrected chi connectivity index (χ3v) is 7.22. The van der Waals surface area contributed by atoms with Gasteiger partial charge in [-0.15, -0.1) is 11.3 Å². The van der Waals surface area contributed by atoms with E-state index in [1.54, 1.807) is 44.4 Å². The third-order valence-electron chi connectivity index (χ3n) is 6.18. The van der Waals surface area contributed by atoms with E-state index in [0.717, 1.165) is 4.88 Å². The molecule has 1 aromatic carbocycles. The van der Waals surface area contributed by atoms with Crippen LogP contribution in [0.15, 0.2) is 36.4 Å². The van der Waals surface area contributed by atoms with Gasteiger partial charge < -0.3 is 14.2 Å². The molecule has 30 heavy (non-hydrogen) atoms. The third kappa shape index (κ3) is 2.17. The summed E-state index contributed by atoms with van der Waals surface area (Å²) in [4.78, 5) is 1.61. The van der Waals surface area contributed by atoms with Crippen molar-refractivity contribution >= 4 is 17.2 Å². The molecule has 4 rings (SSSR count). The summed E-state index contributed by atoms with van der Waals surface area (Å²) in [5.74, 6) is -2.06. The van der Waals surface area contributed by atoms with E-state index in [0.29, 0.717) is 16.2 Å². The topological polar surface area (TPSA) is 123 Å². The predicted octanol–water partition coefficient (Wildman–Crippen LogP) is 4.18. The molecule has 0 saturated carbocycles. The smallest absolute Gasteiger partial charge is 0.244 e. The minimum atomic E-state index is -1.94. The Morgan fingerprint density at radius 3 is 2.23 bits per heavy atom. The maximum absolute atomic E-state index is 10.3. The van der Waals surface area contributed by atoms with Gasteiger partial charge in [0, 0.05) is 15.3 Å². The van der Waals surface area contributed by atoms with Crippen LogP contribution in [0.1, 0.15) is 28.3 Å². The van der Waals surface area contributed by atoms with Crippen LogP contribution in [-0.4, -0.2) is 13.0 Å². The number of hydrogen-bond acceptors (Lipinski definition) is 8. The van der Waals surface area contributed by atoms with Crippen LogP contribution in [0.25, 0.3) is 0 Å². The summed E-state index contributed by atoms with van der Waals surface area (Å²) in [7, 11) is 1.55. The summed E-state index contributed by atoms with van der Waals surface area (Å²) in [6.07, 6.45) is -1.06. The average Bonchev–Trinajstić information content (AvgIpc) is 3.26. The molecule has 4 atom stereocenters. The Morgan fingerprint density at radius 2 is 1.73 bits per heavy atom. The molecule has 0 spiro atoms. The summed E-state index contributed by atoms with van der Waals surface area (Å²) in [6.45, 7) is 3.60. The second kappa shape index (κ2) is 6.57. The molecular weight excluding hydrogens is 400 g/mol. The number of benzene rings is 1. The normalized spacial score (nSPS) is 31.1. The number of nitrogens with one attached hydrogen (secondary N) is 1. The Balaban J connectivity index is 2.00. The molecule has 0 amide bonds. The molecule has 2 fully saturated rings. The van der Waals surface area contributed by atoms with Crippen LogP contribution in [0.4, 0.5) is 0 Å². The molecule has 2 aliphatic heterocycles. The van der Waals surface area contributed by atoms with Gasteiger partial charge in [-0.3, -0.25) is 5.41 Å². The predicted molar refractivity (Wildman–Crippen MR) is 107 cm³/mol. The molecule has 3 heterocycles. The maximum Gasteiger partial charge on any atom is 0.244 e. The van der Waals surface area contributed by atoms with Crippen LogP contribution in [0.2, 0.25) is 0 Å². The molecule has 7 nitrogen and oxygen atoms in total. The van der Waals surface area contributed by atoms with Crippen LogP contribution >= 0.6 is 11.3 Å². The van der Waals surface area contributed by atoms with Crippen molar-refractivity contribution in [3.8, 4) is 24.0 Å². The maximum atomic E-state index is 10.3. The molecule has 2 saturated heterocycles. The minimum absolute atomic E-state index is 0.424. The van der Waals surface area contributed by atoms with Gasteiger partial charge in [-0.2, -0.15) is 15.8 Å². The number of ether oxygens (including phenoxy) is 3. The lowest BCUT2D eigenvalue weighted by Gasteiger charge is -2.48. The quantitative estimate of drug-likeness (QED) is 0.798. The van der Waals surface area contributed by atoms with Crippen molar-refractivity contribution < 1.29 is 14.2 Å². The molecule has 1 aromatic heterocycles. The number of aryl methyl sites for hydroxylation is 1. The van der Waals surface area contributed by atoms with Crippen LogP contribution in [-0.2, 0) is 15.3 Å². The molecule has 0 aliphatic carbocycles. The Labute approximate surface area is 178 Å². The molecular formula is C22H18N4O3S. The Kier molecular flexibility index (Phi) is 4.36. The van der Waals surface area contributed by atoms with E-state index in [1.165, 1.54) is 11.3 Å². The van der Waals surface area contributed by atoms with Crippen molar-refractivity contribution in [2.24, 2.45) is 16.7 Å². The molecule has 4 unspecified atom stereocenters. The van der Waals surface area contributed by atoms with Crippen LogP contribution < -0.4 is 4.74 Å². The molecule has 150 valence electrons. The number of thiophene rings is 1. The SMILES string of the molecule is COc1ccc(C23OC(=N)C(C#N)(C2C)C(C#N)(C#N)C(c2ccc(C)s2)O3)cc1. The first kappa shape index (κ1) is 19.9. The Morgan fingerprint density at radius 1 is 1.07 bits per heavy atom. The van der Waals surface area contributed by atoms with Crippen LogP contribution in [0, 0.1) is 63.1 Å². The average molecular weight is 418 g/mol. The number of methoxy groups -OCH3 is 1. The van der Waals surface area contributed by atoms with Crippen molar-refractivity contribution in [3.05, 3.63) is 51.7 Å². The van der Waals surface area contributed by atoms with Crippen molar-refractivity contribution in [3.63, 3.8) is 0 Å². The second-order valence-electron chi connectivity index (χ2n) is 7.45. The van der Waals surface area contributed by atoms with Gasteiger partial charge in [0.05, 0.1) is 31.2 Å². The highest BCUT2D eigenvalue weighted by Crippen LogP contribution is 2.69. The van der Waals surface area contributed by atoms with Gasteiger partial charge in [0.1, 0.15) is 11.9 Å². The first-order valence-corrected chi connectivity index (χ1v) is 10.1. The van der Waals surface area contributed by atoms with Gasteiger partial charge in [0.2, 0.25) is 17.1 Å². The van der Waals surface area contributed by atoms with E-state index in [4.69, 9.17) is 19.6 Å². The van der Waals surface area contributed by atoms with Gasteiger partial charge in [0.15, 0.2) is 5.41 Å². The summed E-state index contributed by atoms with van der Waals surface area (Å²) in [5, 5.41) is 39.2. The van der Waals surface area contributed by atoms with Gasteiger partial charge in [-0.05, 0) is 43.3 Å².